The number of hydrogen-bond acceptors (Lipinski definition) is 0. The van der Waals surface area contributed by atoms with E-state index >= 15 is 0 Å². The third kappa shape index (κ3) is 6.32. The topological polar surface area (TPSA) is 0 Å². The quantitative estimate of drug-likeness (QED) is 0.152. The second kappa shape index (κ2) is 15.1. The fourth-order valence-corrected chi connectivity index (χ4v) is 18.5. The summed E-state index contributed by atoms with van der Waals surface area (Å²) in [4.78, 5) is 0. The maximum absolute atomic E-state index is 2.91. The van der Waals surface area contributed by atoms with Gasteiger partial charge in [0.25, 0.3) is 0 Å². The summed E-state index contributed by atoms with van der Waals surface area (Å²) in [5.74, 6) is 0. The summed E-state index contributed by atoms with van der Waals surface area (Å²) in [5, 5.41) is 0. The van der Waals surface area contributed by atoms with Crippen molar-refractivity contribution in [3.05, 3.63) is 196 Å². The third-order valence-electron chi connectivity index (χ3n) is 10.4. The van der Waals surface area contributed by atoms with Crippen LogP contribution in [0.4, 0.5) is 0 Å². The Morgan fingerprint density at radius 2 is 1.02 bits per heavy atom. The summed E-state index contributed by atoms with van der Waals surface area (Å²) >= 11 is -2.91. The van der Waals surface area contributed by atoms with Crippen LogP contribution in [-0.2, 0) is 34.1 Å². The normalized spacial score (nSPS) is 14.1. The number of allylic oxidation sites excluding steroid dienone is 1. The van der Waals surface area contributed by atoms with Crippen LogP contribution in [0.25, 0.3) is 28.3 Å². The van der Waals surface area contributed by atoms with E-state index in [-0.39, 0.29) is 24.8 Å². The molecule has 0 aromatic heterocycles. The van der Waals surface area contributed by atoms with E-state index in [1.54, 1.807) is 14.3 Å². The van der Waals surface area contributed by atoms with E-state index in [9.17, 15) is 0 Å². The number of hydrogen-bond donors (Lipinski definition) is 0. The fraction of sp³-hybridized carbons (Fsp3) is 0.152. The minimum atomic E-state index is -2.91. The fourth-order valence-electron chi connectivity index (χ4n) is 8.13. The van der Waals surface area contributed by atoms with E-state index in [0.717, 1.165) is 12.8 Å². The van der Waals surface area contributed by atoms with Gasteiger partial charge >= 0.3 is 289 Å². The van der Waals surface area contributed by atoms with Crippen LogP contribution in [0.3, 0.4) is 0 Å². The molecule has 0 aliphatic heterocycles. The Bertz CT molecular complexity index is 2070. The maximum Gasteiger partial charge on any atom is -0.147 e. The van der Waals surface area contributed by atoms with Crippen molar-refractivity contribution < 1.29 is 21.3 Å². The molecule has 0 saturated carbocycles. The molecule has 0 heterocycles. The number of benzene rings is 6. The van der Waals surface area contributed by atoms with Crippen LogP contribution in [0.1, 0.15) is 72.5 Å². The van der Waals surface area contributed by atoms with Crippen LogP contribution < -0.4 is 0 Å². The van der Waals surface area contributed by atoms with Gasteiger partial charge in [0.15, 0.2) is 0 Å². The largest absolute Gasteiger partial charge is 0.147 e. The molecule has 8 rings (SSSR count). The summed E-state index contributed by atoms with van der Waals surface area (Å²) in [6.45, 7) is 7.02. The Morgan fingerprint density at radius 3 is 1.53 bits per heavy atom. The molecule has 3 heteroatoms. The van der Waals surface area contributed by atoms with Gasteiger partial charge in [-0.25, -0.2) is 0 Å². The first-order valence-corrected chi connectivity index (χ1v) is 21.2. The van der Waals surface area contributed by atoms with Gasteiger partial charge < -0.3 is 0 Å². The van der Waals surface area contributed by atoms with Gasteiger partial charge in [0, 0.05) is 0 Å². The number of fused-ring (bicyclic) bond motifs is 4. The number of halogens is 2. The molecule has 0 radical (unpaired) electrons. The molecular weight excluding hydrogens is 715 g/mol. The smallest absolute Gasteiger partial charge is 0.147 e. The summed E-state index contributed by atoms with van der Waals surface area (Å²) in [7, 11) is 0. The molecule has 0 amide bonds. The van der Waals surface area contributed by atoms with Crippen molar-refractivity contribution >= 4 is 34.1 Å². The second-order valence-corrected chi connectivity index (χ2v) is 19.3. The van der Waals surface area contributed by atoms with Crippen LogP contribution >= 0.6 is 24.8 Å². The van der Waals surface area contributed by atoms with Crippen LogP contribution in [-0.4, -0.2) is 3.21 Å². The average molecular weight is 757 g/mol. The molecule has 1 unspecified atom stereocenters. The van der Waals surface area contributed by atoms with E-state index in [1.165, 1.54) is 61.2 Å². The molecule has 6 aromatic carbocycles. The number of rotatable bonds is 7. The minimum absolute atomic E-state index is 0. The molecule has 0 N–H and O–H groups in total. The predicted molar refractivity (Wildman–Crippen MR) is 211 cm³/mol. The van der Waals surface area contributed by atoms with Gasteiger partial charge in [0.2, 0.25) is 0 Å². The van der Waals surface area contributed by atoms with E-state index in [1.807, 2.05) is 0 Å². The SMILES string of the molecule is CCc1ccc2c(c1)[CH]([Zr](=[C](c1ccccc1)c1ccccc1)[CH]1C(C)=Cc3c(-c4ccccc4)cccc31)c1cc(CC)ccc1-2.Cl.Cl. The summed E-state index contributed by atoms with van der Waals surface area (Å²) < 4.78 is 2.43. The van der Waals surface area contributed by atoms with Gasteiger partial charge in [-0.1, -0.05) is 0 Å². The van der Waals surface area contributed by atoms with Crippen molar-refractivity contribution in [2.24, 2.45) is 0 Å². The molecule has 2 aliphatic rings. The molecule has 1 atom stereocenters. The van der Waals surface area contributed by atoms with Gasteiger partial charge in [0.1, 0.15) is 0 Å². The standard InChI is InChI=1S/C17H17.C16H13.C13H10.2ClH.Zr/c1-3-12-5-7-16-14(9-12)11-15-10-13(4-2)6-8-17(15)16;1-12-10-14-8-5-9-15(16(14)11-12)13-6-3-2-4-7-13;1-3-7-12(8-4-1)11-13-9-5-2-6-10-13;;;/h5-11H,3-4H2,1-2H3;2-11H,1H3;1-10H;2*1H;. The molecule has 0 bridgehead atoms. The Kier molecular flexibility index (Phi) is 10.9. The van der Waals surface area contributed by atoms with Crippen molar-refractivity contribution in [1.29, 1.82) is 0 Å². The molecule has 6 aromatic rings. The number of aryl methyl sites for hydroxylation is 2. The molecule has 49 heavy (non-hydrogen) atoms. The van der Waals surface area contributed by atoms with Crippen LogP contribution in [0.2, 0.25) is 0 Å². The Balaban J connectivity index is 0.00000208. The van der Waals surface area contributed by atoms with E-state index in [0.29, 0.717) is 7.25 Å². The Morgan fingerprint density at radius 1 is 0.510 bits per heavy atom. The summed E-state index contributed by atoms with van der Waals surface area (Å²) in [5.41, 5.74) is 18.8. The van der Waals surface area contributed by atoms with Crippen molar-refractivity contribution in [1.82, 2.24) is 0 Å². The third-order valence-corrected chi connectivity index (χ3v) is 19.7. The van der Waals surface area contributed by atoms with Crippen molar-refractivity contribution in [3.8, 4) is 22.3 Å². The molecule has 0 fully saturated rings. The molecule has 0 spiro atoms. The van der Waals surface area contributed by atoms with Crippen molar-refractivity contribution in [2.45, 2.75) is 40.9 Å². The summed E-state index contributed by atoms with van der Waals surface area (Å²) in [6.07, 6.45) is 4.64. The molecular formula is C46H42Cl2Zr. The Labute approximate surface area is 311 Å². The zero-order valence-corrected chi connectivity index (χ0v) is 32.4. The second-order valence-electron chi connectivity index (χ2n) is 13.0. The Hall–Kier alpha value is -3.61. The van der Waals surface area contributed by atoms with Crippen molar-refractivity contribution in [3.63, 3.8) is 0 Å². The first kappa shape index (κ1) is 35.2. The van der Waals surface area contributed by atoms with Gasteiger partial charge in [-0.2, -0.15) is 0 Å². The first-order valence-electron chi connectivity index (χ1n) is 17.1. The zero-order chi connectivity index (χ0) is 31.9. The molecule has 2 aliphatic carbocycles. The average Bonchev–Trinajstić information content (AvgIpc) is 3.64. The zero-order valence-electron chi connectivity index (χ0n) is 28.3. The van der Waals surface area contributed by atoms with E-state index in [2.05, 4.69) is 172 Å². The summed E-state index contributed by atoms with van der Waals surface area (Å²) in [6, 6.07) is 55.6. The molecule has 0 nitrogen and oxygen atoms in total. The van der Waals surface area contributed by atoms with E-state index < -0.39 is 21.3 Å². The van der Waals surface area contributed by atoms with Gasteiger partial charge in [0.05, 0.1) is 0 Å². The van der Waals surface area contributed by atoms with E-state index in [4.69, 9.17) is 0 Å². The molecule has 0 saturated heterocycles. The van der Waals surface area contributed by atoms with Gasteiger partial charge in [-0.05, 0) is 0 Å². The van der Waals surface area contributed by atoms with Crippen LogP contribution in [0.15, 0.2) is 151 Å². The van der Waals surface area contributed by atoms with Crippen LogP contribution in [0, 0.1) is 0 Å². The minimum Gasteiger partial charge on any atom is -0.147 e. The van der Waals surface area contributed by atoms with Crippen LogP contribution in [0.5, 0.6) is 0 Å². The van der Waals surface area contributed by atoms with Gasteiger partial charge in [-0.15, -0.1) is 24.8 Å². The van der Waals surface area contributed by atoms with Gasteiger partial charge in [-0.3, -0.25) is 0 Å². The monoisotopic (exact) mass is 754 g/mol. The first-order chi connectivity index (χ1) is 23.2. The predicted octanol–water partition coefficient (Wildman–Crippen LogP) is 12.4. The molecule has 244 valence electrons. The van der Waals surface area contributed by atoms with Crippen molar-refractivity contribution in [2.75, 3.05) is 0 Å². The maximum atomic E-state index is 2.58.